The minimum atomic E-state index is -10.7. The van der Waals surface area contributed by atoms with E-state index in [0.29, 0.717) is 5.75 Å². The molecule has 0 fully saturated rings. The van der Waals surface area contributed by atoms with Crippen molar-refractivity contribution in [3.05, 3.63) is 65.2 Å². The first-order valence-corrected chi connectivity index (χ1v) is 10.0. The number of rotatable bonds is 4. The van der Waals surface area contributed by atoms with Crippen LogP contribution in [-0.4, -0.2) is 5.11 Å². The number of halogens is 6. The van der Waals surface area contributed by atoms with Crippen molar-refractivity contribution < 1.29 is 30.3 Å². The van der Waals surface area contributed by atoms with Gasteiger partial charge < -0.3 is 5.11 Å². The average Bonchev–Trinajstić information content (AvgIpc) is 2.40. The molecule has 0 saturated carbocycles. The monoisotopic (exact) mass is 390 g/mol. The van der Waals surface area contributed by atoms with Crippen molar-refractivity contribution in [3.63, 3.8) is 0 Å². The molecule has 2 rings (SSSR count). The fraction of sp³-hybridized carbons (Fsp3) is 0.200. The third kappa shape index (κ3) is 13.1. The molecule has 0 spiro atoms. The molecule has 0 bridgehead atoms. The predicted octanol–water partition coefficient (Wildman–Crippen LogP) is 6.60. The molecule has 0 amide bonds. The molecule has 0 heterocycles. The Labute approximate surface area is 139 Å². The van der Waals surface area contributed by atoms with Gasteiger partial charge in [0.15, 0.2) is 0 Å². The number of phenols is 1. The second-order valence-corrected chi connectivity index (χ2v) is 8.15. The zero-order valence-corrected chi connectivity index (χ0v) is 14.4. The summed E-state index contributed by atoms with van der Waals surface area (Å²) in [5.74, 6) is 2.46. The first-order valence-electron chi connectivity index (χ1n) is 6.72. The van der Waals surface area contributed by atoms with Gasteiger partial charge in [0, 0.05) is 11.1 Å². The Morgan fingerprint density at radius 3 is 1.46 bits per heavy atom. The molecule has 0 aromatic heterocycles. The fourth-order valence-corrected chi connectivity index (χ4v) is 2.66. The van der Waals surface area contributed by atoms with Crippen molar-refractivity contribution in [2.24, 2.45) is 0 Å². The van der Waals surface area contributed by atoms with E-state index in [-0.39, 0.29) is 0 Å². The molecule has 0 unspecified atom stereocenters. The predicted molar refractivity (Wildman–Crippen MR) is 89.0 cm³/mol. The van der Waals surface area contributed by atoms with Gasteiger partial charge in [-0.25, -0.2) is 0 Å². The van der Waals surface area contributed by atoms with Gasteiger partial charge >= 0.3 is 33.0 Å². The van der Waals surface area contributed by atoms with Crippen molar-refractivity contribution in [2.75, 3.05) is 0 Å². The molecular formula is C15H17F6OPS. The maximum atomic E-state index is 9.87. The third-order valence-corrected chi connectivity index (χ3v) is 3.82. The van der Waals surface area contributed by atoms with Gasteiger partial charge in [-0.2, -0.15) is 0 Å². The van der Waals surface area contributed by atoms with Crippen molar-refractivity contribution in [1.82, 2.24) is 0 Å². The number of phenolic OH excluding ortho intramolecular Hbond substituents is 1. The van der Waals surface area contributed by atoms with E-state index in [1.165, 1.54) is 28.5 Å². The zero-order valence-electron chi connectivity index (χ0n) is 12.6. The Bertz CT molecular complexity index is 596. The van der Waals surface area contributed by atoms with Gasteiger partial charge in [-0.1, -0.05) is 42.0 Å². The number of benzene rings is 2. The van der Waals surface area contributed by atoms with Crippen molar-refractivity contribution >= 4 is 19.6 Å². The standard InChI is InChI=1S/C15H16OS.F6P/c1-12-2-4-13(5-3-12)10-17-11-14-6-8-15(16)9-7-14;1-7(2,3,4,5)6/h2-9,16H,10-11H2,1H3;/q;-1/p+1. The number of hydrogen-bond acceptors (Lipinski definition) is 1. The summed E-state index contributed by atoms with van der Waals surface area (Å²) in [5, 5.41) is 9.18. The summed E-state index contributed by atoms with van der Waals surface area (Å²) in [6.45, 7) is 2.11. The van der Waals surface area contributed by atoms with E-state index in [2.05, 4.69) is 31.2 Å². The van der Waals surface area contributed by atoms with Crippen LogP contribution in [0.1, 0.15) is 16.7 Å². The van der Waals surface area contributed by atoms with Crippen LogP contribution in [0.5, 0.6) is 5.75 Å². The van der Waals surface area contributed by atoms with Gasteiger partial charge in [-0.3, -0.25) is 0 Å². The van der Waals surface area contributed by atoms with Crippen molar-refractivity contribution in [3.8, 4) is 5.75 Å². The second-order valence-electron chi connectivity index (χ2n) is 5.15. The summed E-state index contributed by atoms with van der Waals surface area (Å²) < 4.78 is 59.2. The van der Waals surface area contributed by atoms with Gasteiger partial charge in [0.25, 0.3) is 0 Å². The Morgan fingerprint density at radius 2 is 1.08 bits per heavy atom. The number of aryl methyl sites for hydroxylation is 1. The molecular weight excluding hydrogens is 373 g/mol. The van der Waals surface area contributed by atoms with Gasteiger partial charge in [-0.05, 0) is 30.8 Å². The molecule has 0 aliphatic rings. The van der Waals surface area contributed by atoms with Crippen LogP contribution in [0.2, 0.25) is 0 Å². The van der Waals surface area contributed by atoms with E-state index >= 15 is 0 Å². The van der Waals surface area contributed by atoms with Crippen LogP contribution in [0.3, 0.4) is 0 Å². The Hall–Kier alpha value is -1.40. The molecule has 0 aliphatic heterocycles. The van der Waals surface area contributed by atoms with Crippen LogP contribution < -0.4 is 0 Å². The fourth-order valence-electron chi connectivity index (χ4n) is 1.61. The molecule has 1 N–H and O–H groups in total. The third-order valence-electron chi connectivity index (χ3n) is 2.65. The van der Waals surface area contributed by atoms with Gasteiger partial charge in [0.2, 0.25) is 0 Å². The van der Waals surface area contributed by atoms with Crippen LogP contribution in [0, 0.1) is 6.92 Å². The summed E-state index contributed by atoms with van der Waals surface area (Å²) in [6.07, 6.45) is 0. The quantitative estimate of drug-likeness (QED) is 0.270. The van der Waals surface area contributed by atoms with E-state index in [0.717, 1.165) is 11.5 Å². The van der Waals surface area contributed by atoms with Crippen molar-refractivity contribution in [1.29, 1.82) is 0 Å². The normalized spacial score (nSPS) is 14.1. The summed E-state index contributed by atoms with van der Waals surface area (Å²) >= 11 is 1.39. The van der Waals surface area contributed by atoms with E-state index in [1.54, 1.807) is 12.1 Å². The molecule has 0 saturated heterocycles. The van der Waals surface area contributed by atoms with Crippen LogP contribution in [0.4, 0.5) is 25.2 Å². The zero-order chi connectivity index (χ0) is 18.5. The molecule has 24 heavy (non-hydrogen) atoms. The van der Waals surface area contributed by atoms with Crippen LogP contribution in [0.25, 0.3) is 0 Å². The van der Waals surface area contributed by atoms with Gasteiger partial charge in [-0.15, -0.1) is 0 Å². The second kappa shape index (κ2) is 6.84. The van der Waals surface area contributed by atoms with Crippen LogP contribution in [0.15, 0.2) is 48.5 Å². The molecule has 0 atom stereocenters. The van der Waals surface area contributed by atoms with E-state index < -0.39 is 7.81 Å². The molecule has 0 aliphatic carbocycles. The SMILES string of the molecule is Cc1ccc(C[SH+]Cc2ccc(O)cc2)cc1.F[P-](F)(F)(F)(F)F. The summed E-state index contributed by atoms with van der Waals surface area (Å²) in [6, 6.07) is 16.2. The summed E-state index contributed by atoms with van der Waals surface area (Å²) in [5.41, 5.74) is 3.97. The molecule has 2 aromatic carbocycles. The molecule has 9 heteroatoms. The van der Waals surface area contributed by atoms with Crippen LogP contribution in [-0.2, 0) is 23.3 Å². The summed E-state index contributed by atoms with van der Waals surface area (Å²) in [7, 11) is -10.7. The summed E-state index contributed by atoms with van der Waals surface area (Å²) in [4.78, 5) is 0. The van der Waals surface area contributed by atoms with E-state index in [9.17, 15) is 30.3 Å². The minimum absolute atomic E-state index is 0.337. The molecule has 2 aromatic rings. The van der Waals surface area contributed by atoms with Gasteiger partial charge in [0.05, 0.1) is 0 Å². The molecule has 1 nitrogen and oxygen atoms in total. The first-order chi connectivity index (χ1) is 10.7. The maximum absolute atomic E-state index is 10.7. The topological polar surface area (TPSA) is 20.2 Å². The van der Waals surface area contributed by atoms with Crippen LogP contribution >= 0.6 is 7.81 Å². The van der Waals surface area contributed by atoms with E-state index in [4.69, 9.17) is 0 Å². The number of hydrogen-bond donors (Lipinski definition) is 1. The van der Waals surface area contributed by atoms with Crippen molar-refractivity contribution in [2.45, 2.75) is 18.4 Å². The first kappa shape index (κ1) is 20.6. The number of thiol groups is 1. The van der Waals surface area contributed by atoms with Gasteiger partial charge in [0.1, 0.15) is 17.3 Å². The Balaban J connectivity index is 0.000000351. The average molecular weight is 390 g/mol. The Morgan fingerprint density at radius 1 is 0.750 bits per heavy atom. The van der Waals surface area contributed by atoms with E-state index in [1.807, 2.05) is 12.1 Å². The molecule has 136 valence electrons. The Kier molecular flexibility index (Phi) is 5.89. The molecule has 0 radical (unpaired) electrons. The number of aromatic hydroxyl groups is 1.